The summed E-state index contributed by atoms with van der Waals surface area (Å²) in [4.78, 5) is 30.6. The highest BCUT2D eigenvalue weighted by molar-refractivity contribution is 7.21. The number of morpholine rings is 1. The van der Waals surface area contributed by atoms with Crippen molar-refractivity contribution in [1.29, 1.82) is 0 Å². The number of nitrogens with zero attached hydrogens (tertiary/aromatic N) is 5. The molecule has 0 spiro atoms. The number of nitrogens with one attached hydrogen (secondary N) is 1. The summed E-state index contributed by atoms with van der Waals surface area (Å²) in [7, 11) is 0. The van der Waals surface area contributed by atoms with Gasteiger partial charge in [-0.2, -0.15) is 0 Å². The zero-order valence-corrected chi connectivity index (χ0v) is 25.8. The normalized spacial score (nSPS) is 18.8. The van der Waals surface area contributed by atoms with Crippen molar-refractivity contribution in [2.24, 2.45) is 0 Å². The first kappa shape index (κ1) is 29.2. The Balaban J connectivity index is 1.08. The minimum Gasteiger partial charge on any atom is -0.394 e. The van der Waals surface area contributed by atoms with Crippen LogP contribution in [0.1, 0.15) is 47.9 Å². The fraction of sp³-hybridized carbons (Fsp3) is 0.441. The summed E-state index contributed by atoms with van der Waals surface area (Å²) in [5.41, 5.74) is 5.10. The maximum Gasteiger partial charge on any atom is 0.320 e. The van der Waals surface area contributed by atoms with Crippen molar-refractivity contribution >= 4 is 33.4 Å². The molecule has 2 N–H and O–H groups in total. The van der Waals surface area contributed by atoms with Gasteiger partial charge in [0, 0.05) is 50.7 Å². The van der Waals surface area contributed by atoms with E-state index >= 15 is 0 Å². The van der Waals surface area contributed by atoms with Crippen LogP contribution in [0.4, 0.5) is 10.6 Å². The van der Waals surface area contributed by atoms with Crippen LogP contribution in [0.5, 0.6) is 0 Å². The fourth-order valence-electron chi connectivity index (χ4n) is 6.48. The molecule has 2 saturated heterocycles. The molecule has 1 saturated carbocycles. The lowest BCUT2D eigenvalue weighted by atomic mass is 9.77. The van der Waals surface area contributed by atoms with Crippen LogP contribution in [-0.2, 0) is 11.3 Å². The number of aromatic nitrogens is 2. The average Bonchev–Trinajstić information content (AvgIpc) is 3.50. The predicted octanol–water partition coefficient (Wildman–Crippen LogP) is 5.34. The maximum atomic E-state index is 13.0. The summed E-state index contributed by atoms with van der Waals surface area (Å²) < 4.78 is 5.42. The van der Waals surface area contributed by atoms with E-state index in [4.69, 9.17) is 4.74 Å². The number of thiophene rings is 1. The number of carbonyl (C=O) groups is 1. The Bertz CT molecular complexity index is 1580. The SMILES string of the molecule is O=C(N1CCOCC1)N1CCN(Cc2ccc(-c3cc4c(N[C@H](CO)c5ccccc5)ncnc4s3)cc2C2CCC2)CC1. The van der Waals surface area contributed by atoms with E-state index in [1.54, 1.807) is 17.7 Å². The van der Waals surface area contributed by atoms with Crippen LogP contribution < -0.4 is 5.32 Å². The highest BCUT2D eigenvalue weighted by Gasteiger charge is 2.28. The quantitative estimate of drug-likeness (QED) is 0.277. The van der Waals surface area contributed by atoms with Crippen molar-refractivity contribution in [3.05, 3.63) is 77.6 Å². The Morgan fingerprint density at radius 3 is 2.48 bits per heavy atom. The third kappa shape index (κ3) is 6.17. The van der Waals surface area contributed by atoms with Gasteiger partial charge in [0.1, 0.15) is 17.0 Å². The van der Waals surface area contributed by atoms with Crippen molar-refractivity contribution in [2.45, 2.75) is 37.8 Å². The zero-order chi connectivity index (χ0) is 29.9. The molecule has 44 heavy (non-hydrogen) atoms. The molecular formula is C34H40N6O3S. The average molecular weight is 613 g/mol. The van der Waals surface area contributed by atoms with Crippen LogP contribution in [0.3, 0.4) is 0 Å². The van der Waals surface area contributed by atoms with Crippen molar-refractivity contribution in [1.82, 2.24) is 24.7 Å². The van der Waals surface area contributed by atoms with Crippen LogP contribution in [0.2, 0.25) is 0 Å². The van der Waals surface area contributed by atoms with Gasteiger partial charge in [0.2, 0.25) is 0 Å². The molecule has 0 unspecified atom stereocenters. The van der Waals surface area contributed by atoms with Gasteiger partial charge in [-0.05, 0) is 53.1 Å². The molecule has 3 aliphatic rings. The summed E-state index contributed by atoms with van der Waals surface area (Å²) in [5, 5.41) is 14.5. The Morgan fingerprint density at radius 2 is 1.75 bits per heavy atom. The number of aliphatic hydroxyl groups is 1. The molecule has 230 valence electrons. The summed E-state index contributed by atoms with van der Waals surface area (Å²) >= 11 is 1.68. The molecule has 10 heteroatoms. The lowest BCUT2D eigenvalue weighted by molar-refractivity contribution is 0.0372. The number of ether oxygens (including phenoxy) is 1. The topological polar surface area (TPSA) is 94.1 Å². The number of fused-ring (bicyclic) bond motifs is 1. The molecule has 3 fully saturated rings. The van der Waals surface area contributed by atoms with Gasteiger partial charge in [-0.3, -0.25) is 4.90 Å². The molecule has 2 aromatic carbocycles. The lowest BCUT2D eigenvalue weighted by Gasteiger charge is -2.39. The van der Waals surface area contributed by atoms with E-state index in [2.05, 4.69) is 44.5 Å². The molecule has 1 atom stereocenters. The third-order valence-electron chi connectivity index (χ3n) is 9.32. The van der Waals surface area contributed by atoms with Crippen LogP contribution in [0, 0.1) is 0 Å². The van der Waals surface area contributed by atoms with Crippen LogP contribution in [0.15, 0.2) is 60.9 Å². The number of carbonyl (C=O) groups excluding carboxylic acids is 1. The molecule has 0 bridgehead atoms. The van der Waals surface area contributed by atoms with Crippen LogP contribution in [-0.4, -0.2) is 94.9 Å². The summed E-state index contributed by atoms with van der Waals surface area (Å²) in [6, 6.07) is 19.0. The number of benzene rings is 2. The number of anilines is 1. The van der Waals surface area contributed by atoms with Crippen molar-refractivity contribution in [3.8, 4) is 10.4 Å². The standard InChI is InChI=1S/C34H40N6O3S/c41-22-30(25-5-2-1-3-6-25)37-32-29-20-31(44-33(29)36-23-35-32)26-9-10-27(28(19-26)24-7-4-8-24)21-38-11-13-39(14-12-38)34(42)40-15-17-43-18-16-40/h1-3,5-6,9-10,19-20,23-24,30,41H,4,7-8,11-18,21-22H2,(H,35,36,37)/t30-/m1/s1. The molecule has 2 amide bonds. The third-order valence-corrected chi connectivity index (χ3v) is 10.4. The molecule has 0 radical (unpaired) electrons. The molecule has 4 heterocycles. The second-order valence-electron chi connectivity index (χ2n) is 12.0. The first-order valence-corrected chi connectivity index (χ1v) is 16.6. The van der Waals surface area contributed by atoms with Gasteiger partial charge in [0.25, 0.3) is 0 Å². The summed E-state index contributed by atoms with van der Waals surface area (Å²) in [6.07, 6.45) is 5.37. The summed E-state index contributed by atoms with van der Waals surface area (Å²) in [6.45, 7) is 6.87. The Morgan fingerprint density at radius 1 is 0.977 bits per heavy atom. The minimum atomic E-state index is -0.249. The number of hydrogen-bond donors (Lipinski definition) is 2. The number of rotatable bonds is 8. The van der Waals surface area contributed by atoms with Gasteiger partial charge in [-0.25, -0.2) is 14.8 Å². The van der Waals surface area contributed by atoms with E-state index in [0.717, 1.165) is 54.3 Å². The van der Waals surface area contributed by atoms with Gasteiger partial charge in [0.15, 0.2) is 0 Å². The molecule has 4 aromatic rings. The fourth-order valence-corrected chi connectivity index (χ4v) is 7.48. The largest absolute Gasteiger partial charge is 0.394 e. The van der Waals surface area contributed by atoms with E-state index in [0.29, 0.717) is 32.2 Å². The summed E-state index contributed by atoms with van der Waals surface area (Å²) in [5.74, 6) is 1.35. The lowest BCUT2D eigenvalue weighted by Crippen LogP contribution is -2.54. The van der Waals surface area contributed by atoms with Gasteiger partial charge < -0.3 is 25.0 Å². The second-order valence-corrected chi connectivity index (χ2v) is 13.1. The van der Waals surface area contributed by atoms with Crippen molar-refractivity contribution < 1.29 is 14.6 Å². The van der Waals surface area contributed by atoms with Crippen molar-refractivity contribution in [2.75, 3.05) is 64.4 Å². The number of amides is 2. The minimum absolute atomic E-state index is 0.0298. The molecule has 2 aliphatic heterocycles. The molecule has 7 rings (SSSR count). The maximum absolute atomic E-state index is 13.0. The van der Waals surface area contributed by atoms with Gasteiger partial charge in [-0.15, -0.1) is 11.3 Å². The van der Waals surface area contributed by atoms with E-state index in [-0.39, 0.29) is 18.7 Å². The predicted molar refractivity (Wildman–Crippen MR) is 174 cm³/mol. The van der Waals surface area contributed by atoms with Gasteiger partial charge in [-0.1, -0.05) is 48.9 Å². The monoisotopic (exact) mass is 612 g/mol. The Hall–Kier alpha value is -3.57. The highest BCUT2D eigenvalue weighted by atomic mass is 32.1. The highest BCUT2D eigenvalue weighted by Crippen LogP contribution is 2.42. The number of piperazine rings is 1. The van der Waals surface area contributed by atoms with E-state index in [9.17, 15) is 9.90 Å². The first-order chi connectivity index (χ1) is 21.7. The Kier molecular flexibility index (Phi) is 8.74. The van der Waals surface area contributed by atoms with E-state index < -0.39 is 0 Å². The van der Waals surface area contributed by atoms with Crippen molar-refractivity contribution in [3.63, 3.8) is 0 Å². The van der Waals surface area contributed by atoms with Gasteiger partial charge >= 0.3 is 6.03 Å². The molecular weight excluding hydrogens is 572 g/mol. The second kappa shape index (κ2) is 13.2. The smallest absolute Gasteiger partial charge is 0.320 e. The molecule has 9 nitrogen and oxygen atoms in total. The van der Waals surface area contributed by atoms with E-state index in [1.807, 2.05) is 40.1 Å². The van der Waals surface area contributed by atoms with E-state index in [1.165, 1.54) is 40.8 Å². The van der Waals surface area contributed by atoms with Crippen LogP contribution >= 0.6 is 11.3 Å². The Labute approximate surface area is 262 Å². The molecule has 1 aliphatic carbocycles. The number of hydrogen-bond acceptors (Lipinski definition) is 8. The number of aliphatic hydroxyl groups excluding tert-OH is 1. The van der Waals surface area contributed by atoms with Crippen LogP contribution in [0.25, 0.3) is 20.7 Å². The number of urea groups is 1. The first-order valence-electron chi connectivity index (χ1n) is 15.8. The zero-order valence-electron chi connectivity index (χ0n) is 25.0. The van der Waals surface area contributed by atoms with Gasteiger partial charge in [0.05, 0.1) is 31.2 Å². The molecule has 2 aromatic heterocycles.